The van der Waals surface area contributed by atoms with E-state index >= 15 is 0 Å². The van der Waals surface area contributed by atoms with Gasteiger partial charge in [0, 0.05) is 18.4 Å². The van der Waals surface area contributed by atoms with Crippen LogP contribution in [0.25, 0.3) is 0 Å². The molecule has 7 nitrogen and oxygen atoms in total. The molecule has 3 atom stereocenters. The molecule has 1 N–H and O–H groups in total. The Bertz CT molecular complexity index is 984. The number of aliphatic hydroxyl groups is 1. The maximum absolute atomic E-state index is 10.6. The Labute approximate surface area is 215 Å². The van der Waals surface area contributed by atoms with Crippen molar-refractivity contribution in [1.82, 2.24) is 0 Å². The van der Waals surface area contributed by atoms with Gasteiger partial charge in [-0.05, 0) is 53.3 Å². The van der Waals surface area contributed by atoms with Gasteiger partial charge in [0.15, 0.2) is 23.0 Å². The minimum Gasteiger partial charge on any atom is -0.493 e. The largest absolute Gasteiger partial charge is 0.493 e. The van der Waals surface area contributed by atoms with Gasteiger partial charge in [-0.15, -0.1) is 23.5 Å². The van der Waals surface area contributed by atoms with Gasteiger partial charge in [-0.1, -0.05) is 6.07 Å². The molecule has 2 aromatic rings. The van der Waals surface area contributed by atoms with Gasteiger partial charge < -0.3 is 33.5 Å². The van der Waals surface area contributed by atoms with Crippen LogP contribution in [0, 0.1) is 11.8 Å². The molecule has 2 aromatic carbocycles. The van der Waals surface area contributed by atoms with Crippen molar-refractivity contribution < 1.29 is 33.5 Å². The van der Waals surface area contributed by atoms with Crippen molar-refractivity contribution >= 4 is 23.5 Å². The molecular weight excluding hydrogens is 488 g/mol. The van der Waals surface area contributed by atoms with Crippen molar-refractivity contribution in [3.8, 4) is 28.7 Å². The molecule has 192 valence electrons. The van der Waals surface area contributed by atoms with Crippen molar-refractivity contribution in [2.24, 2.45) is 11.8 Å². The van der Waals surface area contributed by atoms with E-state index in [0.717, 1.165) is 29.1 Å². The van der Waals surface area contributed by atoms with E-state index in [1.165, 1.54) is 0 Å². The average molecular weight is 523 g/mol. The summed E-state index contributed by atoms with van der Waals surface area (Å²) in [6, 6.07) is 9.92. The van der Waals surface area contributed by atoms with Gasteiger partial charge in [-0.3, -0.25) is 0 Å². The van der Waals surface area contributed by atoms with E-state index in [4.69, 9.17) is 28.4 Å². The number of hydrogen-bond donors (Lipinski definition) is 1. The Morgan fingerprint density at radius 1 is 0.857 bits per heavy atom. The summed E-state index contributed by atoms with van der Waals surface area (Å²) < 4.78 is 33.9. The molecule has 0 spiro atoms. The van der Waals surface area contributed by atoms with Crippen LogP contribution in [0.15, 0.2) is 30.3 Å². The van der Waals surface area contributed by atoms with Crippen LogP contribution in [0.2, 0.25) is 0 Å². The third-order valence-corrected chi connectivity index (χ3v) is 10.4. The highest BCUT2D eigenvalue weighted by Crippen LogP contribution is 2.62. The number of rotatable bonds is 9. The first-order valence-electron chi connectivity index (χ1n) is 11.6. The maximum atomic E-state index is 10.6. The Morgan fingerprint density at radius 3 is 2.03 bits per heavy atom. The molecule has 2 saturated heterocycles. The molecule has 0 aliphatic carbocycles. The fourth-order valence-corrected chi connectivity index (χ4v) is 8.76. The summed E-state index contributed by atoms with van der Waals surface area (Å²) in [7, 11) is 8.13. The number of thioether (sulfide) groups is 2. The van der Waals surface area contributed by atoms with Crippen LogP contribution in [0.5, 0.6) is 28.7 Å². The van der Waals surface area contributed by atoms with Gasteiger partial charge in [0.05, 0.1) is 52.3 Å². The fraction of sp³-hybridized carbons (Fsp3) is 0.538. The molecule has 2 heterocycles. The fourth-order valence-electron chi connectivity index (χ4n) is 5.08. The Morgan fingerprint density at radius 2 is 1.49 bits per heavy atom. The highest BCUT2D eigenvalue weighted by molar-refractivity contribution is 8.18. The van der Waals surface area contributed by atoms with Crippen LogP contribution in [0.3, 0.4) is 0 Å². The average Bonchev–Trinajstić information content (AvgIpc) is 3.36. The standard InChI is InChI=1S/C26H34O7S2/c1-28-20-8-7-16(11-21(20)29-2)24-18(14-27)19(15-33-24)26(34-9-6-10-35-26)17-12-22(30-3)25(32-5)23(13-17)31-4/h7-8,11-13,18-19,24,27H,6,9-10,14-15H2,1-5H3/t18-,19+,24-/m0/s1. The number of benzene rings is 2. The van der Waals surface area contributed by atoms with E-state index in [1.807, 2.05) is 53.9 Å². The molecular formula is C26H34O7S2. The molecule has 0 radical (unpaired) electrons. The summed E-state index contributed by atoms with van der Waals surface area (Å²) in [5, 5.41) is 10.6. The lowest BCUT2D eigenvalue weighted by Crippen LogP contribution is -2.38. The summed E-state index contributed by atoms with van der Waals surface area (Å²) in [6.07, 6.45) is 0.879. The molecule has 2 fully saturated rings. The second-order valence-corrected chi connectivity index (χ2v) is 11.4. The highest BCUT2D eigenvalue weighted by atomic mass is 32.2. The van der Waals surface area contributed by atoms with Crippen LogP contribution in [-0.2, 0) is 8.82 Å². The lowest BCUT2D eigenvalue weighted by Gasteiger charge is -2.43. The van der Waals surface area contributed by atoms with E-state index < -0.39 is 0 Å². The molecule has 0 unspecified atom stereocenters. The molecule has 2 aliphatic heterocycles. The number of hydrogen-bond acceptors (Lipinski definition) is 9. The van der Waals surface area contributed by atoms with Crippen molar-refractivity contribution in [1.29, 1.82) is 0 Å². The van der Waals surface area contributed by atoms with Crippen LogP contribution in [0.1, 0.15) is 23.7 Å². The number of methoxy groups -OCH3 is 5. The highest BCUT2D eigenvalue weighted by Gasteiger charge is 2.53. The maximum Gasteiger partial charge on any atom is 0.203 e. The smallest absolute Gasteiger partial charge is 0.203 e. The Kier molecular flexibility index (Phi) is 8.52. The minimum absolute atomic E-state index is 0.0109. The van der Waals surface area contributed by atoms with E-state index in [9.17, 15) is 5.11 Å². The van der Waals surface area contributed by atoms with Gasteiger partial charge in [-0.2, -0.15) is 0 Å². The molecule has 9 heteroatoms. The number of aliphatic hydroxyl groups excluding tert-OH is 1. The topological polar surface area (TPSA) is 75.6 Å². The monoisotopic (exact) mass is 522 g/mol. The molecule has 0 bridgehead atoms. The first-order chi connectivity index (χ1) is 17.1. The molecule has 35 heavy (non-hydrogen) atoms. The Hall–Kier alpha value is -1.94. The van der Waals surface area contributed by atoms with Gasteiger partial charge in [0.2, 0.25) is 5.75 Å². The lowest BCUT2D eigenvalue weighted by atomic mass is 9.83. The SMILES string of the molecule is COc1ccc([C@@H]2OC[C@@H](C3(c4cc(OC)c(OC)c(OC)c4)SCCCS3)[C@@H]2CO)cc1OC. The van der Waals surface area contributed by atoms with Gasteiger partial charge in [-0.25, -0.2) is 0 Å². The van der Waals surface area contributed by atoms with Crippen molar-refractivity contribution in [2.45, 2.75) is 16.6 Å². The quantitative estimate of drug-likeness (QED) is 0.502. The van der Waals surface area contributed by atoms with Gasteiger partial charge in [0.1, 0.15) is 0 Å². The zero-order valence-corrected chi connectivity index (χ0v) is 22.5. The predicted molar refractivity (Wildman–Crippen MR) is 140 cm³/mol. The first-order valence-corrected chi connectivity index (χ1v) is 13.6. The Balaban J connectivity index is 1.77. The molecule has 0 amide bonds. The van der Waals surface area contributed by atoms with E-state index in [0.29, 0.717) is 35.4 Å². The van der Waals surface area contributed by atoms with Gasteiger partial charge in [0.25, 0.3) is 0 Å². The van der Waals surface area contributed by atoms with Crippen molar-refractivity contribution in [2.75, 3.05) is 60.3 Å². The van der Waals surface area contributed by atoms with Crippen LogP contribution >= 0.6 is 23.5 Å². The normalized spacial score (nSPS) is 23.5. The minimum atomic E-state index is -0.330. The van der Waals surface area contributed by atoms with E-state index in [1.54, 1.807) is 35.5 Å². The summed E-state index contributed by atoms with van der Waals surface area (Å²) in [6.45, 7) is 0.540. The van der Waals surface area contributed by atoms with Crippen molar-refractivity contribution in [3.63, 3.8) is 0 Å². The predicted octanol–water partition coefficient (Wildman–Crippen LogP) is 4.75. The zero-order valence-electron chi connectivity index (χ0n) is 20.9. The molecule has 0 saturated carbocycles. The summed E-state index contributed by atoms with van der Waals surface area (Å²) in [4.78, 5) is 0. The molecule has 0 aromatic heterocycles. The lowest BCUT2D eigenvalue weighted by molar-refractivity contribution is 0.0716. The van der Waals surface area contributed by atoms with E-state index in [2.05, 4.69) is 0 Å². The second kappa shape index (κ2) is 11.4. The van der Waals surface area contributed by atoms with Crippen LogP contribution in [0.4, 0.5) is 0 Å². The third kappa shape index (κ3) is 4.75. The summed E-state index contributed by atoms with van der Waals surface area (Å²) in [5.41, 5.74) is 2.05. The summed E-state index contributed by atoms with van der Waals surface area (Å²) >= 11 is 3.84. The zero-order chi connectivity index (χ0) is 25.0. The summed E-state index contributed by atoms with van der Waals surface area (Å²) in [5.74, 6) is 5.15. The number of ether oxygens (including phenoxy) is 6. The second-order valence-electron chi connectivity index (χ2n) is 8.45. The van der Waals surface area contributed by atoms with Crippen LogP contribution in [-0.4, -0.2) is 65.4 Å². The first kappa shape index (κ1) is 26.1. The molecule has 4 rings (SSSR count). The van der Waals surface area contributed by atoms with E-state index in [-0.39, 0.29) is 28.6 Å². The third-order valence-electron chi connectivity index (χ3n) is 6.78. The van der Waals surface area contributed by atoms with Crippen molar-refractivity contribution in [3.05, 3.63) is 41.5 Å². The van der Waals surface area contributed by atoms with Crippen LogP contribution < -0.4 is 23.7 Å². The van der Waals surface area contributed by atoms with Gasteiger partial charge >= 0.3 is 0 Å². The molecule has 2 aliphatic rings.